The Bertz CT molecular complexity index is 622. The van der Waals surface area contributed by atoms with Crippen molar-refractivity contribution in [1.82, 2.24) is 5.32 Å². The van der Waals surface area contributed by atoms with Gasteiger partial charge in [0.05, 0.1) is 0 Å². The molecular formula is C19H24N2O. The molecule has 0 heterocycles. The Labute approximate surface area is 132 Å². The lowest BCUT2D eigenvalue weighted by Gasteiger charge is -2.10. The van der Waals surface area contributed by atoms with Crippen LogP contribution in [0.25, 0.3) is 0 Å². The molecule has 0 saturated carbocycles. The summed E-state index contributed by atoms with van der Waals surface area (Å²) in [6, 6.07) is 16.3. The molecule has 116 valence electrons. The van der Waals surface area contributed by atoms with Crippen molar-refractivity contribution < 1.29 is 4.79 Å². The average molecular weight is 296 g/mol. The van der Waals surface area contributed by atoms with E-state index in [0.717, 1.165) is 18.7 Å². The molecule has 0 atom stereocenters. The standard InChI is InChI=1S/C19H24N2O/c1-3-17-9-4-5-10-18(17)21-19(22)11-12-20-14-16-8-6-7-15(2)13-16/h4-10,13,20H,3,11-12,14H2,1-2H3,(H,21,22). The smallest absolute Gasteiger partial charge is 0.225 e. The molecule has 0 spiro atoms. The predicted molar refractivity (Wildman–Crippen MR) is 92.0 cm³/mol. The Hall–Kier alpha value is -2.13. The van der Waals surface area contributed by atoms with E-state index < -0.39 is 0 Å². The van der Waals surface area contributed by atoms with Crippen LogP contribution in [0.5, 0.6) is 0 Å². The molecule has 3 nitrogen and oxygen atoms in total. The summed E-state index contributed by atoms with van der Waals surface area (Å²) in [5.41, 5.74) is 4.60. The van der Waals surface area contributed by atoms with Gasteiger partial charge in [-0.25, -0.2) is 0 Å². The number of rotatable bonds is 7. The summed E-state index contributed by atoms with van der Waals surface area (Å²) < 4.78 is 0. The molecule has 0 aliphatic rings. The number of benzene rings is 2. The van der Waals surface area contributed by atoms with Crippen molar-refractivity contribution in [2.24, 2.45) is 0 Å². The van der Waals surface area contributed by atoms with Gasteiger partial charge >= 0.3 is 0 Å². The van der Waals surface area contributed by atoms with E-state index in [-0.39, 0.29) is 5.91 Å². The van der Waals surface area contributed by atoms with Gasteiger partial charge in [-0.1, -0.05) is 55.0 Å². The van der Waals surface area contributed by atoms with E-state index in [2.05, 4.69) is 48.7 Å². The van der Waals surface area contributed by atoms with Crippen LogP contribution < -0.4 is 10.6 Å². The maximum Gasteiger partial charge on any atom is 0.225 e. The second kappa shape index (κ2) is 8.35. The van der Waals surface area contributed by atoms with Crippen molar-refractivity contribution in [3.63, 3.8) is 0 Å². The van der Waals surface area contributed by atoms with Crippen molar-refractivity contribution in [2.45, 2.75) is 33.2 Å². The monoisotopic (exact) mass is 296 g/mol. The summed E-state index contributed by atoms with van der Waals surface area (Å²) in [4.78, 5) is 12.0. The number of hydrogen-bond acceptors (Lipinski definition) is 2. The Morgan fingerprint density at radius 1 is 1.09 bits per heavy atom. The summed E-state index contributed by atoms with van der Waals surface area (Å²) >= 11 is 0. The van der Waals surface area contributed by atoms with E-state index in [1.165, 1.54) is 16.7 Å². The maximum atomic E-state index is 12.0. The summed E-state index contributed by atoms with van der Waals surface area (Å²) in [5.74, 6) is 0.0534. The maximum absolute atomic E-state index is 12.0. The summed E-state index contributed by atoms with van der Waals surface area (Å²) in [6.07, 6.45) is 1.39. The number of carbonyl (C=O) groups excluding carboxylic acids is 1. The average Bonchev–Trinajstić information content (AvgIpc) is 2.52. The molecule has 0 fully saturated rings. The predicted octanol–water partition coefficient (Wildman–Crippen LogP) is 3.68. The third kappa shape index (κ3) is 5.01. The molecule has 22 heavy (non-hydrogen) atoms. The largest absolute Gasteiger partial charge is 0.326 e. The first-order valence-electron chi connectivity index (χ1n) is 7.83. The van der Waals surface area contributed by atoms with Crippen LogP contribution >= 0.6 is 0 Å². The summed E-state index contributed by atoms with van der Waals surface area (Å²) in [5, 5.41) is 6.30. The second-order valence-electron chi connectivity index (χ2n) is 5.47. The van der Waals surface area contributed by atoms with Gasteiger partial charge in [0.15, 0.2) is 0 Å². The number of carbonyl (C=O) groups is 1. The Morgan fingerprint density at radius 2 is 1.91 bits per heavy atom. The number of anilines is 1. The molecule has 2 N–H and O–H groups in total. The number of para-hydroxylation sites is 1. The highest BCUT2D eigenvalue weighted by atomic mass is 16.1. The number of aryl methyl sites for hydroxylation is 2. The highest BCUT2D eigenvalue weighted by Gasteiger charge is 2.05. The molecule has 0 aliphatic heterocycles. The minimum atomic E-state index is 0.0534. The van der Waals surface area contributed by atoms with Gasteiger partial charge in [-0.15, -0.1) is 0 Å². The lowest BCUT2D eigenvalue weighted by molar-refractivity contribution is -0.116. The first-order chi connectivity index (χ1) is 10.7. The molecular weight excluding hydrogens is 272 g/mol. The number of hydrogen-bond donors (Lipinski definition) is 2. The van der Waals surface area contributed by atoms with Crippen LogP contribution in [0.3, 0.4) is 0 Å². The second-order valence-corrected chi connectivity index (χ2v) is 5.47. The third-order valence-electron chi connectivity index (χ3n) is 3.61. The number of amides is 1. The summed E-state index contributed by atoms with van der Waals surface area (Å²) in [7, 11) is 0. The van der Waals surface area contributed by atoms with Gasteiger partial charge in [0.25, 0.3) is 0 Å². The van der Waals surface area contributed by atoms with Crippen LogP contribution in [0.4, 0.5) is 5.69 Å². The molecule has 0 saturated heterocycles. The molecule has 2 rings (SSSR count). The SMILES string of the molecule is CCc1ccccc1NC(=O)CCNCc1cccc(C)c1. The van der Waals surface area contributed by atoms with Gasteiger partial charge < -0.3 is 10.6 Å². The number of nitrogens with one attached hydrogen (secondary N) is 2. The third-order valence-corrected chi connectivity index (χ3v) is 3.61. The minimum absolute atomic E-state index is 0.0534. The fourth-order valence-electron chi connectivity index (χ4n) is 2.42. The van der Waals surface area contributed by atoms with Crippen LogP contribution in [0.15, 0.2) is 48.5 Å². The normalized spacial score (nSPS) is 10.5. The van der Waals surface area contributed by atoms with Crippen LogP contribution in [0.1, 0.15) is 30.0 Å². The van der Waals surface area contributed by atoms with E-state index in [1.54, 1.807) is 0 Å². The van der Waals surface area contributed by atoms with Crippen LogP contribution in [-0.2, 0) is 17.8 Å². The van der Waals surface area contributed by atoms with E-state index in [4.69, 9.17) is 0 Å². The van der Waals surface area contributed by atoms with E-state index in [1.807, 2.05) is 24.3 Å². The van der Waals surface area contributed by atoms with Gasteiger partial charge in [-0.2, -0.15) is 0 Å². The molecule has 0 aliphatic carbocycles. The quantitative estimate of drug-likeness (QED) is 0.765. The highest BCUT2D eigenvalue weighted by molar-refractivity contribution is 5.91. The summed E-state index contributed by atoms with van der Waals surface area (Å²) in [6.45, 7) is 5.64. The molecule has 0 radical (unpaired) electrons. The first kappa shape index (κ1) is 16.2. The van der Waals surface area contributed by atoms with Gasteiger partial charge in [0.2, 0.25) is 5.91 Å². The zero-order chi connectivity index (χ0) is 15.8. The molecule has 2 aromatic rings. The van der Waals surface area contributed by atoms with E-state index >= 15 is 0 Å². The lowest BCUT2D eigenvalue weighted by Crippen LogP contribution is -2.21. The first-order valence-corrected chi connectivity index (χ1v) is 7.83. The molecule has 0 unspecified atom stereocenters. The zero-order valence-corrected chi connectivity index (χ0v) is 13.4. The van der Waals surface area contributed by atoms with Crippen LogP contribution in [-0.4, -0.2) is 12.5 Å². The van der Waals surface area contributed by atoms with Crippen LogP contribution in [0, 0.1) is 6.92 Å². The molecule has 0 bridgehead atoms. The van der Waals surface area contributed by atoms with Gasteiger partial charge in [-0.05, 0) is 30.5 Å². The topological polar surface area (TPSA) is 41.1 Å². The zero-order valence-electron chi connectivity index (χ0n) is 13.4. The van der Waals surface area contributed by atoms with E-state index in [0.29, 0.717) is 13.0 Å². The Balaban J connectivity index is 1.74. The van der Waals surface area contributed by atoms with Gasteiger partial charge in [-0.3, -0.25) is 4.79 Å². The van der Waals surface area contributed by atoms with E-state index in [9.17, 15) is 4.79 Å². The molecule has 2 aromatic carbocycles. The van der Waals surface area contributed by atoms with Gasteiger partial charge in [0.1, 0.15) is 0 Å². The van der Waals surface area contributed by atoms with Crippen molar-refractivity contribution in [3.05, 3.63) is 65.2 Å². The molecule has 0 aromatic heterocycles. The lowest BCUT2D eigenvalue weighted by atomic mass is 10.1. The fraction of sp³-hybridized carbons (Fsp3) is 0.316. The van der Waals surface area contributed by atoms with Crippen molar-refractivity contribution in [3.8, 4) is 0 Å². The fourth-order valence-corrected chi connectivity index (χ4v) is 2.42. The van der Waals surface area contributed by atoms with Crippen molar-refractivity contribution in [1.29, 1.82) is 0 Å². The Morgan fingerprint density at radius 3 is 2.68 bits per heavy atom. The molecule has 3 heteroatoms. The minimum Gasteiger partial charge on any atom is -0.326 e. The van der Waals surface area contributed by atoms with Crippen molar-refractivity contribution >= 4 is 11.6 Å². The molecule has 1 amide bonds. The van der Waals surface area contributed by atoms with Crippen LogP contribution in [0.2, 0.25) is 0 Å². The Kier molecular flexibility index (Phi) is 6.16. The highest BCUT2D eigenvalue weighted by Crippen LogP contribution is 2.15. The van der Waals surface area contributed by atoms with Gasteiger partial charge in [0, 0.05) is 25.2 Å². The van der Waals surface area contributed by atoms with Crippen molar-refractivity contribution in [2.75, 3.05) is 11.9 Å².